The van der Waals surface area contributed by atoms with Gasteiger partial charge in [0.2, 0.25) is 0 Å². The van der Waals surface area contributed by atoms with Gasteiger partial charge in [-0.2, -0.15) is 5.10 Å². The van der Waals surface area contributed by atoms with Crippen LogP contribution in [0.15, 0.2) is 18.2 Å². The molecule has 76 valence electrons. The predicted octanol–water partition coefficient (Wildman–Crippen LogP) is 1.16. The summed E-state index contributed by atoms with van der Waals surface area (Å²) in [6.45, 7) is 0. The summed E-state index contributed by atoms with van der Waals surface area (Å²) in [5.41, 5.74) is 1.15. The molecule has 0 aliphatic rings. The van der Waals surface area contributed by atoms with E-state index in [0.717, 1.165) is 0 Å². The lowest BCUT2D eigenvalue weighted by molar-refractivity contribution is 0.0602. The molecular weight excluding hydrogens is 196 g/mol. The number of fused-ring (bicyclic) bond motifs is 1. The second-order valence-corrected chi connectivity index (χ2v) is 2.95. The Morgan fingerprint density at radius 3 is 3.00 bits per heavy atom. The van der Waals surface area contributed by atoms with Gasteiger partial charge in [0, 0.05) is 5.39 Å². The number of ether oxygens (including phenoxy) is 1. The molecule has 0 atom stereocenters. The molecule has 0 radical (unpaired) electrons. The highest BCUT2D eigenvalue weighted by molar-refractivity contribution is 6.06. The van der Waals surface area contributed by atoms with Crippen molar-refractivity contribution >= 4 is 23.2 Å². The summed E-state index contributed by atoms with van der Waals surface area (Å²) in [6, 6.07) is 5.00. The van der Waals surface area contributed by atoms with Crippen LogP contribution in [0.2, 0.25) is 0 Å². The Balaban J connectivity index is 2.72. The fourth-order valence-corrected chi connectivity index (χ4v) is 1.42. The Labute approximate surface area is 85.0 Å². The Morgan fingerprint density at radius 2 is 2.33 bits per heavy atom. The maximum absolute atomic E-state index is 11.4. The number of H-pyrrole nitrogens is 1. The molecule has 0 bridgehead atoms. The third-order valence-electron chi connectivity index (χ3n) is 2.14. The lowest BCUT2D eigenvalue weighted by atomic mass is 10.1. The number of methoxy groups -OCH3 is 1. The molecule has 0 fully saturated rings. The van der Waals surface area contributed by atoms with Gasteiger partial charge in [0.05, 0.1) is 12.7 Å². The first kappa shape index (κ1) is 9.39. The SMILES string of the molecule is COC(=O)c1cccc2c(C=O)[nH]nc12. The molecule has 1 aromatic carbocycles. The molecule has 5 heteroatoms. The number of para-hydroxylation sites is 1. The third-order valence-corrected chi connectivity index (χ3v) is 2.14. The van der Waals surface area contributed by atoms with Gasteiger partial charge in [0.25, 0.3) is 0 Å². The minimum atomic E-state index is -0.468. The molecule has 2 rings (SSSR count). The number of benzene rings is 1. The van der Waals surface area contributed by atoms with Crippen LogP contribution >= 0.6 is 0 Å². The van der Waals surface area contributed by atoms with E-state index in [1.165, 1.54) is 7.11 Å². The van der Waals surface area contributed by atoms with Gasteiger partial charge < -0.3 is 4.74 Å². The van der Waals surface area contributed by atoms with Gasteiger partial charge in [-0.15, -0.1) is 0 Å². The Bertz CT molecular complexity index is 530. The van der Waals surface area contributed by atoms with E-state index >= 15 is 0 Å². The van der Waals surface area contributed by atoms with Gasteiger partial charge in [-0.3, -0.25) is 9.89 Å². The zero-order valence-electron chi connectivity index (χ0n) is 7.98. The summed E-state index contributed by atoms with van der Waals surface area (Å²) in [6.07, 6.45) is 0.663. The van der Waals surface area contributed by atoms with E-state index in [1.54, 1.807) is 18.2 Å². The van der Waals surface area contributed by atoms with E-state index in [4.69, 9.17) is 0 Å². The fraction of sp³-hybridized carbons (Fsp3) is 0.100. The number of aldehydes is 1. The zero-order valence-corrected chi connectivity index (χ0v) is 7.98. The van der Waals surface area contributed by atoms with Crippen LogP contribution in [0.4, 0.5) is 0 Å². The maximum atomic E-state index is 11.4. The standard InChI is InChI=1S/C10H8N2O3/c1-15-10(14)7-4-2-3-6-8(5-13)11-12-9(6)7/h2-5H,1H3,(H,11,12). The summed E-state index contributed by atoms with van der Waals surface area (Å²) in [5, 5.41) is 7.08. The Morgan fingerprint density at radius 1 is 1.53 bits per heavy atom. The van der Waals surface area contributed by atoms with E-state index in [2.05, 4.69) is 14.9 Å². The lowest BCUT2D eigenvalue weighted by Crippen LogP contribution is -2.01. The number of aromatic nitrogens is 2. The fourth-order valence-electron chi connectivity index (χ4n) is 1.42. The molecule has 0 aliphatic carbocycles. The summed E-state index contributed by atoms with van der Waals surface area (Å²) >= 11 is 0. The highest BCUT2D eigenvalue weighted by Gasteiger charge is 2.14. The van der Waals surface area contributed by atoms with Crippen molar-refractivity contribution < 1.29 is 14.3 Å². The molecule has 0 unspecified atom stereocenters. The van der Waals surface area contributed by atoms with Crippen molar-refractivity contribution in [2.45, 2.75) is 0 Å². The highest BCUT2D eigenvalue weighted by Crippen LogP contribution is 2.19. The molecule has 1 aromatic heterocycles. The summed E-state index contributed by atoms with van der Waals surface area (Å²) in [5.74, 6) is -0.468. The molecule has 0 aliphatic heterocycles. The molecule has 0 saturated heterocycles. The van der Waals surface area contributed by atoms with E-state index in [1.807, 2.05) is 0 Å². The first-order chi connectivity index (χ1) is 7.27. The molecule has 0 saturated carbocycles. The molecule has 0 spiro atoms. The second-order valence-electron chi connectivity index (χ2n) is 2.95. The van der Waals surface area contributed by atoms with Crippen LogP contribution < -0.4 is 0 Å². The first-order valence-corrected chi connectivity index (χ1v) is 4.28. The average Bonchev–Trinajstić information content (AvgIpc) is 2.70. The van der Waals surface area contributed by atoms with E-state index < -0.39 is 5.97 Å². The maximum Gasteiger partial charge on any atom is 0.340 e. The summed E-state index contributed by atoms with van der Waals surface area (Å²) in [4.78, 5) is 22.0. The topological polar surface area (TPSA) is 72.1 Å². The van der Waals surface area contributed by atoms with E-state index in [9.17, 15) is 9.59 Å². The molecule has 1 N–H and O–H groups in total. The molecular formula is C10H8N2O3. The number of carbonyl (C=O) groups is 2. The molecule has 15 heavy (non-hydrogen) atoms. The van der Waals surface area contributed by atoms with Crippen molar-refractivity contribution in [2.24, 2.45) is 0 Å². The van der Waals surface area contributed by atoms with Crippen LogP contribution in [0, 0.1) is 0 Å². The first-order valence-electron chi connectivity index (χ1n) is 4.28. The van der Waals surface area contributed by atoms with Crippen molar-refractivity contribution in [1.29, 1.82) is 0 Å². The van der Waals surface area contributed by atoms with E-state index in [-0.39, 0.29) is 0 Å². The monoisotopic (exact) mass is 204 g/mol. The molecule has 0 amide bonds. The normalized spacial score (nSPS) is 10.2. The lowest BCUT2D eigenvalue weighted by Gasteiger charge is -1.98. The number of nitrogens with zero attached hydrogens (tertiary/aromatic N) is 1. The second kappa shape index (κ2) is 3.53. The number of nitrogens with one attached hydrogen (secondary N) is 1. The Kier molecular flexibility index (Phi) is 2.21. The van der Waals surface area contributed by atoms with Crippen molar-refractivity contribution in [3.8, 4) is 0 Å². The quantitative estimate of drug-likeness (QED) is 0.588. The summed E-state index contributed by atoms with van der Waals surface area (Å²) < 4.78 is 4.61. The number of hydrogen-bond acceptors (Lipinski definition) is 4. The van der Waals surface area contributed by atoms with Gasteiger partial charge in [-0.1, -0.05) is 12.1 Å². The molecule has 5 nitrogen and oxygen atoms in total. The van der Waals surface area contributed by atoms with Gasteiger partial charge in [-0.25, -0.2) is 4.79 Å². The third kappa shape index (κ3) is 1.38. The number of esters is 1. The van der Waals surface area contributed by atoms with Crippen LogP contribution in [0.5, 0.6) is 0 Å². The minimum absolute atomic E-state index is 0.347. The van der Waals surface area contributed by atoms with Crippen LogP contribution in [0.25, 0.3) is 10.9 Å². The van der Waals surface area contributed by atoms with Crippen molar-refractivity contribution in [2.75, 3.05) is 7.11 Å². The largest absolute Gasteiger partial charge is 0.465 e. The van der Waals surface area contributed by atoms with Crippen LogP contribution in [0.3, 0.4) is 0 Å². The van der Waals surface area contributed by atoms with Gasteiger partial charge in [-0.05, 0) is 6.07 Å². The smallest absolute Gasteiger partial charge is 0.340 e. The van der Waals surface area contributed by atoms with Gasteiger partial charge in [0.15, 0.2) is 6.29 Å². The average molecular weight is 204 g/mol. The van der Waals surface area contributed by atoms with E-state index in [0.29, 0.717) is 28.4 Å². The van der Waals surface area contributed by atoms with Gasteiger partial charge in [0.1, 0.15) is 11.2 Å². The minimum Gasteiger partial charge on any atom is -0.465 e. The number of aromatic amines is 1. The molecule has 2 aromatic rings. The van der Waals surface area contributed by atoms with Crippen LogP contribution in [-0.2, 0) is 4.74 Å². The van der Waals surface area contributed by atoms with Crippen molar-refractivity contribution in [3.63, 3.8) is 0 Å². The zero-order chi connectivity index (χ0) is 10.8. The van der Waals surface area contributed by atoms with Gasteiger partial charge >= 0.3 is 5.97 Å². The summed E-state index contributed by atoms with van der Waals surface area (Å²) in [7, 11) is 1.30. The van der Waals surface area contributed by atoms with Crippen molar-refractivity contribution in [3.05, 3.63) is 29.5 Å². The van der Waals surface area contributed by atoms with Crippen molar-refractivity contribution in [1.82, 2.24) is 10.2 Å². The number of rotatable bonds is 2. The van der Waals surface area contributed by atoms with Crippen LogP contribution in [0.1, 0.15) is 20.8 Å². The number of carbonyl (C=O) groups excluding carboxylic acids is 2. The van der Waals surface area contributed by atoms with Crippen LogP contribution in [-0.4, -0.2) is 29.6 Å². The highest BCUT2D eigenvalue weighted by atomic mass is 16.5. The molecule has 1 heterocycles. The Hall–Kier alpha value is -2.17. The number of hydrogen-bond donors (Lipinski definition) is 1. The predicted molar refractivity (Wildman–Crippen MR) is 52.8 cm³/mol.